The minimum absolute atomic E-state index is 0.0248. The Morgan fingerprint density at radius 3 is 2.29 bits per heavy atom. The molecule has 1 N–H and O–H groups in total. The van der Waals surface area contributed by atoms with E-state index in [2.05, 4.69) is 19.2 Å². The Kier molecular flexibility index (Phi) is 9.19. The van der Waals surface area contributed by atoms with Gasteiger partial charge in [-0.3, -0.25) is 9.59 Å². The molecule has 1 atom stereocenters. The highest BCUT2D eigenvalue weighted by Gasteiger charge is 2.21. The van der Waals surface area contributed by atoms with Crippen LogP contribution in [0.4, 0.5) is 0 Å². The number of amides is 2. The standard InChI is InChI=1S/C27H36N2O5/c1-5-33-24-17-21(11-14-23(24)34-18-25(30)29-15-7-6-8-16-29)27(31)28-26(19(2)3)20-9-12-22(32-4)13-10-20/h9-14,17,19,26H,5-8,15-16,18H2,1-4H3,(H,28,31). The molecule has 2 aromatic rings. The molecule has 7 nitrogen and oxygen atoms in total. The first-order valence-electron chi connectivity index (χ1n) is 12.0. The van der Waals surface area contributed by atoms with Crippen molar-refractivity contribution >= 4 is 11.8 Å². The summed E-state index contributed by atoms with van der Waals surface area (Å²) in [6.07, 6.45) is 3.24. The third-order valence-electron chi connectivity index (χ3n) is 5.99. The number of likely N-dealkylation sites (tertiary alicyclic amines) is 1. The summed E-state index contributed by atoms with van der Waals surface area (Å²) in [5, 5.41) is 3.13. The van der Waals surface area contributed by atoms with Crippen molar-refractivity contribution in [3.8, 4) is 17.2 Å². The van der Waals surface area contributed by atoms with Crippen molar-refractivity contribution in [2.45, 2.75) is 46.1 Å². The van der Waals surface area contributed by atoms with Gasteiger partial charge in [-0.15, -0.1) is 0 Å². The molecule has 2 aromatic carbocycles. The van der Waals surface area contributed by atoms with Crippen molar-refractivity contribution < 1.29 is 23.8 Å². The van der Waals surface area contributed by atoms with Gasteiger partial charge in [0.15, 0.2) is 18.1 Å². The lowest BCUT2D eigenvalue weighted by Gasteiger charge is -2.26. The number of nitrogens with one attached hydrogen (secondary N) is 1. The van der Waals surface area contributed by atoms with Gasteiger partial charge in [-0.05, 0) is 68.0 Å². The number of hydrogen-bond donors (Lipinski definition) is 1. The van der Waals surface area contributed by atoms with E-state index in [1.54, 1.807) is 25.3 Å². The summed E-state index contributed by atoms with van der Waals surface area (Å²) in [7, 11) is 1.63. The molecule has 7 heteroatoms. The van der Waals surface area contributed by atoms with E-state index < -0.39 is 0 Å². The van der Waals surface area contributed by atoms with Gasteiger partial charge in [0.2, 0.25) is 0 Å². The van der Waals surface area contributed by atoms with Crippen LogP contribution in [0.2, 0.25) is 0 Å². The van der Waals surface area contributed by atoms with Gasteiger partial charge in [0.05, 0.1) is 19.8 Å². The summed E-state index contributed by atoms with van der Waals surface area (Å²) in [4.78, 5) is 27.4. The Bertz CT molecular complexity index is 952. The van der Waals surface area contributed by atoms with Gasteiger partial charge in [-0.1, -0.05) is 26.0 Å². The molecule has 3 rings (SSSR count). The first-order valence-corrected chi connectivity index (χ1v) is 12.0. The lowest BCUT2D eigenvalue weighted by atomic mass is 9.95. The number of hydrogen-bond acceptors (Lipinski definition) is 5. The molecule has 1 aliphatic rings. The zero-order chi connectivity index (χ0) is 24.5. The second kappa shape index (κ2) is 12.3. The molecule has 1 heterocycles. The van der Waals surface area contributed by atoms with Crippen LogP contribution in [0.5, 0.6) is 17.2 Å². The molecule has 1 unspecified atom stereocenters. The fourth-order valence-corrected chi connectivity index (χ4v) is 4.08. The molecule has 184 valence electrons. The molecule has 1 aliphatic heterocycles. The summed E-state index contributed by atoms with van der Waals surface area (Å²) in [5.41, 5.74) is 1.47. The Morgan fingerprint density at radius 2 is 1.68 bits per heavy atom. The summed E-state index contributed by atoms with van der Waals surface area (Å²) in [5.74, 6) is 1.64. The molecule has 0 aromatic heterocycles. The average molecular weight is 469 g/mol. The minimum atomic E-state index is -0.202. The van der Waals surface area contributed by atoms with Crippen molar-refractivity contribution in [2.24, 2.45) is 5.92 Å². The molecule has 0 radical (unpaired) electrons. The first kappa shape index (κ1) is 25.4. The second-order valence-corrected chi connectivity index (χ2v) is 8.79. The van der Waals surface area contributed by atoms with Crippen molar-refractivity contribution in [3.05, 3.63) is 53.6 Å². The fraction of sp³-hybridized carbons (Fsp3) is 0.481. The molecular weight excluding hydrogens is 432 g/mol. The highest BCUT2D eigenvalue weighted by atomic mass is 16.5. The van der Waals surface area contributed by atoms with Gasteiger partial charge >= 0.3 is 0 Å². The molecule has 0 saturated carbocycles. The van der Waals surface area contributed by atoms with Gasteiger partial charge in [0, 0.05) is 18.7 Å². The number of ether oxygens (including phenoxy) is 3. The average Bonchev–Trinajstić information content (AvgIpc) is 2.86. The Labute approximate surface area is 202 Å². The molecule has 2 amide bonds. The van der Waals surface area contributed by atoms with E-state index in [1.165, 1.54) is 6.42 Å². The normalized spacial score (nSPS) is 14.4. The summed E-state index contributed by atoms with van der Waals surface area (Å²) >= 11 is 0. The van der Waals surface area contributed by atoms with Crippen LogP contribution in [0.25, 0.3) is 0 Å². The largest absolute Gasteiger partial charge is 0.497 e. The first-order chi connectivity index (χ1) is 16.4. The van der Waals surface area contributed by atoms with Crippen molar-refractivity contribution in [3.63, 3.8) is 0 Å². The van der Waals surface area contributed by atoms with Gasteiger partial charge in [-0.25, -0.2) is 0 Å². The predicted octanol–water partition coefficient (Wildman–Crippen LogP) is 4.61. The fourth-order valence-electron chi connectivity index (χ4n) is 4.08. The Morgan fingerprint density at radius 1 is 0.971 bits per heavy atom. The van der Waals surface area contributed by atoms with Crippen molar-refractivity contribution in [2.75, 3.05) is 33.4 Å². The second-order valence-electron chi connectivity index (χ2n) is 8.79. The lowest BCUT2D eigenvalue weighted by Crippen LogP contribution is -2.38. The van der Waals surface area contributed by atoms with Crippen LogP contribution in [0, 0.1) is 5.92 Å². The van der Waals surface area contributed by atoms with Crippen molar-refractivity contribution in [1.29, 1.82) is 0 Å². The molecule has 1 fully saturated rings. The van der Waals surface area contributed by atoms with Crippen LogP contribution < -0.4 is 19.5 Å². The van der Waals surface area contributed by atoms with Gasteiger partial charge in [-0.2, -0.15) is 0 Å². The quantitative estimate of drug-likeness (QED) is 0.551. The molecule has 1 saturated heterocycles. The molecule has 0 spiro atoms. The number of piperidine rings is 1. The minimum Gasteiger partial charge on any atom is -0.497 e. The number of carbonyl (C=O) groups is 2. The maximum Gasteiger partial charge on any atom is 0.260 e. The Balaban J connectivity index is 1.70. The van der Waals surface area contributed by atoms with Crippen LogP contribution in [0.15, 0.2) is 42.5 Å². The zero-order valence-corrected chi connectivity index (χ0v) is 20.6. The number of nitrogens with zero attached hydrogens (tertiary/aromatic N) is 1. The van der Waals surface area contributed by atoms with E-state index in [0.29, 0.717) is 23.7 Å². The number of methoxy groups -OCH3 is 1. The summed E-state index contributed by atoms with van der Waals surface area (Å²) < 4.78 is 16.8. The van der Waals surface area contributed by atoms with Gasteiger partial charge < -0.3 is 24.4 Å². The van der Waals surface area contributed by atoms with Crippen LogP contribution in [-0.2, 0) is 4.79 Å². The number of rotatable bonds is 10. The zero-order valence-electron chi connectivity index (χ0n) is 20.6. The van der Waals surface area contributed by atoms with E-state index >= 15 is 0 Å². The van der Waals surface area contributed by atoms with E-state index in [0.717, 1.165) is 37.2 Å². The van der Waals surface area contributed by atoms with E-state index in [4.69, 9.17) is 14.2 Å². The highest BCUT2D eigenvalue weighted by Crippen LogP contribution is 2.30. The van der Waals surface area contributed by atoms with E-state index in [9.17, 15) is 9.59 Å². The molecule has 34 heavy (non-hydrogen) atoms. The maximum atomic E-state index is 13.1. The van der Waals surface area contributed by atoms with Crippen molar-refractivity contribution in [1.82, 2.24) is 10.2 Å². The summed E-state index contributed by atoms with van der Waals surface area (Å²) in [6, 6.07) is 12.6. The molecule has 0 bridgehead atoms. The van der Waals surface area contributed by atoms with E-state index in [-0.39, 0.29) is 30.4 Å². The third kappa shape index (κ3) is 6.65. The SMILES string of the molecule is CCOc1cc(C(=O)NC(c2ccc(OC)cc2)C(C)C)ccc1OCC(=O)N1CCCCC1. The van der Waals surface area contributed by atoms with Gasteiger partial charge in [0.25, 0.3) is 11.8 Å². The monoisotopic (exact) mass is 468 g/mol. The van der Waals surface area contributed by atoms with E-state index in [1.807, 2.05) is 36.1 Å². The highest BCUT2D eigenvalue weighted by molar-refractivity contribution is 5.95. The number of carbonyl (C=O) groups excluding carboxylic acids is 2. The van der Waals surface area contributed by atoms with Crippen LogP contribution in [0.1, 0.15) is 62.0 Å². The Hall–Kier alpha value is -3.22. The number of benzene rings is 2. The topological polar surface area (TPSA) is 77.1 Å². The van der Waals surface area contributed by atoms with Crippen LogP contribution >= 0.6 is 0 Å². The smallest absolute Gasteiger partial charge is 0.260 e. The molecule has 0 aliphatic carbocycles. The predicted molar refractivity (Wildman–Crippen MR) is 132 cm³/mol. The van der Waals surface area contributed by atoms with Gasteiger partial charge in [0.1, 0.15) is 5.75 Å². The molecular formula is C27H36N2O5. The van der Waals surface area contributed by atoms with Crippen LogP contribution in [-0.4, -0.2) is 50.1 Å². The lowest BCUT2D eigenvalue weighted by molar-refractivity contribution is -0.134. The van der Waals surface area contributed by atoms with Crippen LogP contribution in [0.3, 0.4) is 0 Å². The maximum absolute atomic E-state index is 13.1. The third-order valence-corrected chi connectivity index (χ3v) is 5.99. The summed E-state index contributed by atoms with van der Waals surface area (Å²) in [6.45, 7) is 7.94.